The topological polar surface area (TPSA) is 93.1 Å². The number of ketones is 1. The smallest absolute Gasteiger partial charge is 0.305 e. The van der Waals surface area contributed by atoms with Crippen LogP contribution in [0.3, 0.4) is 0 Å². The Labute approximate surface area is 171 Å². The summed E-state index contributed by atoms with van der Waals surface area (Å²) in [4.78, 5) is 23.2. The van der Waals surface area contributed by atoms with Gasteiger partial charge in [0.25, 0.3) is 0 Å². The first-order valence-electron chi connectivity index (χ1n) is 9.72. The van der Waals surface area contributed by atoms with Gasteiger partial charge in [-0.15, -0.1) is 5.73 Å². The molecule has 0 unspecified atom stereocenters. The predicted molar refractivity (Wildman–Crippen MR) is 108 cm³/mol. The Balaban J connectivity index is 1.86. The van der Waals surface area contributed by atoms with E-state index >= 15 is 0 Å². The highest BCUT2D eigenvalue weighted by atomic mass is 16.5. The molecule has 2 rings (SSSR count). The molecule has 4 atom stereocenters. The van der Waals surface area contributed by atoms with E-state index in [9.17, 15) is 19.8 Å². The average Bonchev–Trinajstić information content (AvgIpc) is 3.00. The third-order valence-corrected chi connectivity index (χ3v) is 4.78. The van der Waals surface area contributed by atoms with E-state index in [0.29, 0.717) is 18.6 Å². The van der Waals surface area contributed by atoms with Crippen molar-refractivity contribution in [3.8, 4) is 5.75 Å². The number of rotatable bonds is 10. The second kappa shape index (κ2) is 12.0. The molecule has 1 aliphatic rings. The second-order valence-electron chi connectivity index (χ2n) is 6.92. The first-order valence-corrected chi connectivity index (χ1v) is 9.72. The van der Waals surface area contributed by atoms with E-state index in [1.54, 1.807) is 36.4 Å². The van der Waals surface area contributed by atoms with E-state index in [1.165, 1.54) is 7.11 Å². The van der Waals surface area contributed by atoms with Gasteiger partial charge in [-0.05, 0) is 37.1 Å². The van der Waals surface area contributed by atoms with Crippen molar-refractivity contribution in [2.24, 2.45) is 11.8 Å². The van der Waals surface area contributed by atoms with Gasteiger partial charge in [-0.3, -0.25) is 9.59 Å². The Kier molecular flexibility index (Phi) is 9.38. The Bertz CT molecular complexity index is 748. The van der Waals surface area contributed by atoms with Gasteiger partial charge in [0.2, 0.25) is 0 Å². The van der Waals surface area contributed by atoms with Gasteiger partial charge in [-0.2, -0.15) is 0 Å². The third kappa shape index (κ3) is 7.70. The van der Waals surface area contributed by atoms with E-state index < -0.39 is 12.2 Å². The summed E-state index contributed by atoms with van der Waals surface area (Å²) in [5.41, 5.74) is 2.97. The van der Waals surface area contributed by atoms with Crippen LogP contribution in [0.2, 0.25) is 0 Å². The predicted octanol–water partition coefficient (Wildman–Crippen LogP) is 2.60. The maximum atomic E-state index is 12.2. The normalized spacial score (nSPS) is 22.2. The molecule has 6 nitrogen and oxygen atoms in total. The number of methoxy groups -OCH3 is 1. The van der Waals surface area contributed by atoms with Crippen LogP contribution in [0.5, 0.6) is 5.75 Å². The number of carbonyl (C=O) groups is 2. The molecule has 29 heavy (non-hydrogen) atoms. The summed E-state index contributed by atoms with van der Waals surface area (Å²) in [7, 11) is 1.34. The summed E-state index contributed by atoms with van der Waals surface area (Å²) in [6.45, 7) is 0.0881. The zero-order valence-electron chi connectivity index (χ0n) is 16.6. The number of esters is 1. The number of hydrogen-bond donors (Lipinski definition) is 2. The average molecular weight is 400 g/mol. The maximum Gasteiger partial charge on any atom is 0.305 e. The van der Waals surface area contributed by atoms with E-state index in [2.05, 4.69) is 10.5 Å². The molecule has 0 heterocycles. The molecular weight excluding hydrogens is 372 g/mol. The van der Waals surface area contributed by atoms with Crippen LogP contribution >= 0.6 is 0 Å². The summed E-state index contributed by atoms with van der Waals surface area (Å²) in [6.07, 6.45) is 6.48. The number of aliphatic hydroxyl groups excluding tert-OH is 2. The summed E-state index contributed by atoms with van der Waals surface area (Å²) >= 11 is 0. The Hall–Kier alpha value is -2.66. The molecule has 0 spiro atoms. The van der Waals surface area contributed by atoms with Crippen molar-refractivity contribution in [3.63, 3.8) is 0 Å². The van der Waals surface area contributed by atoms with Crippen molar-refractivity contribution >= 4 is 11.8 Å². The highest BCUT2D eigenvalue weighted by Crippen LogP contribution is 2.33. The Morgan fingerprint density at radius 3 is 2.79 bits per heavy atom. The van der Waals surface area contributed by atoms with E-state index in [4.69, 9.17) is 4.74 Å². The molecule has 0 bridgehead atoms. The van der Waals surface area contributed by atoms with Gasteiger partial charge in [-0.1, -0.05) is 30.4 Å². The van der Waals surface area contributed by atoms with Crippen molar-refractivity contribution in [1.29, 1.82) is 0 Å². The van der Waals surface area contributed by atoms with Crippen molar-refractivity contribution in [3.05, 3.63) is 60.4 Å². The van der Waals surface area contributed by atoms with Crippen LogP contribution in [0.15, 0.2) is 60.4 Å². The van der Waals surface area contributed by atoms with Crippen molar-refractivity contribution in [2.75, 3.05) is 13.7 Å². The molecule has 2 N–H and O–H groups in total. The molecule has 6 heteroatoms. The molecule has 0 radical (unpaired) electrons. The lowest BCUT2D eigenvalue weighted by Gasteiger charge is -2.16. The van der Waals surface area contributed by atoms with Crippen LogP contribution in [0.1, 0.15) is 25.7 Å². The zero-order chi connectivity index (χ0) is 21.1. The van der Waals surface area contributed by atoms with E-state index in [-0.39, 0.29) is 43.0 Å². The Morgan fingerprint density at radius 2 is 2.07 bits per heavy atom. The van der Waals surface area contributed by atoms with Gasteiger partial charge in [0, 0.05) is 24.7 Å². The quantitative estimate of drug-likeness (QED) is 0.356. The first-order chi connectivity index (χ1) is 14.0. The number of ether oxygens (including phenoxy) is 2. The molecular formula is C23H28O6. The lowest BCUT2D eigenvalue weighted by molar-refractivity contribution is -0.140. The van der Waals surface area contributed by atoms with E-state index in [1.807, 2.05) is 18.2 Å². The van der Waals surface area contributed by atoms with Crippen LogP contribution in [-0.2, 0) is 14.3 Å². The molecule has 0 amide bonds. The van der Waals surface area contributed by atoms with Crippen molar-refractivity contribution in [2.45, 2.75) is 37.9 Å². The van der Waals surface area contributed by atoms with Gasteiger partial charge in [0.05, 0.1) is 13.2 Å². The van der Waals surface area contributed by atoms with Crippen molar-refractivity contribution in [1.82, 2.24) is 0 Å². The number of carbonyl (C=O) groups excluding carboxylic acids is 2. The molecule has 1 fully saturated rings. The molecule has 0 aliphatic heterocycles. The lowest BCUT2D eigenvalue weighted by Crippen LogP contribution is -2.20. The number of benzene rings is 1. The zero-order valence-corrected chi connectivity index (χ0v) is 16.6. The number of allylic oxidation sites excluding steroid dienone is 1. The molecule has 1 aliphatic carbocycles. The number of aliphatic hydroxyl groups is 2. The molecule has 0 aromatic heterocycles. The van der Waals surface area contributed by atoms with Gasteiger partial charge < -0.3 is 19.7 Å². The fraction of sp³-hybridized carbons (Fsp3) is 0.435. The fourth-order valence-corrected chi connectivity index (χ4v) is 3.19. The SMILES string of the molecule is COC(=O)CCC=C=CC[C@H]1C(=O)C[C@@H](O)[C@@H]1/C=C/[C@@H](O)COc1ccccc1. The first kappa shape index (κ1) is 22.6. The van der Waals surface area contributed by atoms with Gasteiger partial charge in [0.1, 0.15) is 24.2 Å². The Morgan fingerprint density at radius 1 is 1.31 bits per heavy atom. The van der Waals surface area contributed by atoms with E-state index in [0.717, 1.165) is 0 Å². The van der Waals surface area contributed by atoms with Crippen LogP contribution in [0.4, 0.5) is 0 Å². The molecule has 156 valence electrons. The minimum Gasteiger partial charge on any atom is -0.491 e. The second-order valence-corrected chi connectivity index (χ2v) is 6.92. The molecule has 1 saturated carbocycles. The summed E-state index contributed by atoms with van der Waals surface area (Å²) in [6, 6.07) is 9.18. The highest BCUT2D eigenvalue weighted by molar-refractivity contribution is 5.84. The number of Topliss-reactive ketones (excluding diaryl/α,β-unsaturated/α-hetero) is 1. The minimum atomic E-state index is -0.840. The molecule has 1 aromatic rings. The largest absolute Gasteiger partial charge is 0.491 e. The van der Waals surface area contributed by atoms with Crippen LogP contribution in [0.25, 0.3) is 0 Å². The standard InChI is InChI=1S/C23H28O6/c1-28-23(27)12-8-3-2-7-11-19-20(22(26)15-21(19)25)14-13-17(24)16-29-18-9-5-4-6-10-18/h3-7,9-10,13-14,17,19-20,22,24,26H,8,11-12,15-16H2,1H3/b14-13+/t2?,17-,19-,20-,22-/m1/s1. The maximum absolute atomic E-state index is 12.2. The van der Waals surface area contributed by atoms with Gasteiger partial charge in [-0.25, -0.2) is 0 Å². The van der Waals surface area contributed by atoms with Crippen LogP contribution in [0, 0.1) is 11.8 Å². The van der Waals surface area contributed by atoms with Gasteiger partial charge in [0.15, 0.2) is 0 Å². The lowest BCUT2D eigenvalue weighted by atomic mass is 9.90. The minimum absolute atomic E-state index is 0.00483. The monoisotopic (exact) mass is 400 g/mol. The van der Waals surface area contributed by atoms with Gasteiger partial charge >= 0.3 is 5.97 Å². The van der Waals surface area contributed by atoms with Crippen molar-refractivity contribution < 1.29 is 29.3 Å². The number of para-hydroxylation sites is 1. The summed E-state index contributed by atoms with van der Waals surface area (Å²) in [5, 5.41) is 20.3. The summed E-state index contributed by atoms with van der Waals surface area (Å²) in [5.74, 6) is -0.336. The molecule has 1 aromatic carbocycles. The molecule has 0 saturated heterocycles. The third-order valence-electron chi connectivity index (χ3n) is 4.78. The fourth-order valence-electron chi connectivity index (χ4n) is 3.19. The van der Waals surface area contributed by atoms with Crippen LogP contribution < -0.4 is 4.74 Å². The summed E-state index contributed by atoms with van der Waals surface area (Å²) < 4.78 is 10.1. The highest BCUT2D eigenvalue weighted by Gasteiger charge is 2.39. The number of hydrogen-bond acceptors (Lipinski definition) is 6. The van der Waals surface area contributed by atoms with Crippen LogP contribution in [-0.4, -0.2) is 47.9 Å².